The van der Waals surface area contributed by atoms with E-state index in [2.05, 4.69) is 52.8 Å². The molecular formula is C16H24N4S. The molecule has 0 radical (unpaired) electrons. The molecule has 0 aliphatic rings. The van der Waals surface area contributed by atoms with Crippen molar-refractivity contribution in [3.8, 4) is 0 Å². The first-order chi connectivity index (χ1) is 10.2. The van der Waals surface area contributed by atoms with Gasteiger partial charge < -0.3 is 10.6 Å². The van der Waals surface area contributed by atoms with Crippen LogP contribution in [0, 0.1) is 6.92 Å². The van der Waals surface area contributed by atoms with Crippen molar-refractivity contribution in [3.05, 3.63) is 33.3 Å². The Morgan fingerprint density at radius 2 is 1.95 bits per heavy atom. The van der Waals surface area contributed by atoms with Crippen LogP contribution in [0.25, 0.3) is 0 Å². The van der Waals surface area contributed by atoms with Gasteiger partial charge >= 0.3 is 0 Å². The van der Waals surface area contributed by atoms with Crippen LogP contribution < -0.4 is 10.6 Å². The lowest BCUT2D eigenvalue weighted by molar-refractivity contribution is 0.831. The van der Waals surface area contributed by atoms with E-state index in [-0.39, 0.29) is 0 Å². The second-order valence-corrected chi connectivity index (χ2v) is 6.04. The topological polar surface area (TPSA) is 49.8 Å². The second kappa shape index (κ2) is 7.41. The number of hydrogen-bond acceptors (Lipinski definition) is 5. The molecule has 5 heteroatoms. The summed E-state index contributed by atoms with van der Waals surface area (Å²) < 4.78 is 0. The summed E-state index contributed by atoms with van der Waals surface area (Å²) in [6, 6.07) is 2.20. The minimum absolute atomic E-state index is 0.827. The number of rotatable bonds is 7. The van der Waals surface area contributed by atoms with Crippen molar-refractivity contribution < 1.29 is 0 Å². The molecule has 0 aliphatic heterocycles. The first kappa shape index (κ1) is 15.8. The van der Waals surface area contributed by atoms with Gasteiger partial charge in [0.15, 0.2) is 0 Å². The average molecular weight is 304 g/mol. The van der Waals surface area contributed by atoms with Crippen LogP contribution in [0.2, 0.25) is 0 Å². The van der Waals surface area contributed by atoms with Gasteiger partial charge in [-0.25, -0.2) is 9.97 Å². The third-order valence-electron chi connectivity index (χ3n) is 3.54. The van der Waals surface area contributed by atoms with E-state index in [0.717, 1.165) is 48.8 Å². The van der Waals surface area contributed by atoms with Gasteiger partial charge in [-0.15, -0.1) is 11.3 Å². The molecule has 0 amide bonds. The van der Waals surface area contributed by atoms with E-state index in [1.54, 1.807) is 11.3 Å². The molecule has 0 unspecified atom stereocenters. The fourth-order valence-electron chi connectivity index (χ4n) is 2.32. The lowest BCUT2D eigenvalue weighted by Crippen LogP contribution is -2.09. The van der Waals surface area contributed by atoms with Crippen LogP contribution in [0.1, 0.15) is 42.1 Å². The van der Waals surface area contributed by atoms with Gasteiger partial charge in [0.2, 0.25) is 0 Å². The van der Waals surface area contributed by atoms with Gasteiger partial charge in [-0.1, -0.05) is 13.8 Å². The predicted molar refractivity (Wildman–Crippen MR) is 91.3 cm³/mol. The Balaban J connectivity index is 2.20. The SMILES string of the molecule is CCCc1nc(NC)c(C)c(NCc2sccc2CC)n1. The highest BCUT2D eigenvalue weighted by Gasteiger charge is 2.10. The normalized spacial score (nSPS) is 10.7. The van der Waals surface area contributed by atoms with Crippen LogP contribution >= 0.6 is 11.3 Å². The molecule has 0 saturated carbocycles. The van der Waals surface area contributed by atoms with Crippen LogP contribution in [-0.4, -0.2) is 17.0 Å². The summed E-state index contributed by atoms with van der Waals surface area (Å²) in [5.41, 5.74) is 2.49. The number of thiophene rings is 1. The summed E-state index contributed by atoms with van der Waals surface area (Å²) in [4.78, 5) is 10.6. The van der Waals surface area contributed by atoms with Gasteiger partial charge in [0.25, 0.3) is 0 Å². The molecule has 2 heterocycles. The highest BCUT2D eigenvalue weighted by Crippen LogP contribution is 2.23. The minimum atomic E-state index is 0.827. The quantitative estimate of drug-likeness (QED) is 0.811. The molecule has 0 atom stereocenters. The van der Waals surface area contributed by atoms with Crippen molar-refractivity contribution in [1.29, 1.82) is 0 Å². The van der Waals surface area contributed by atoms with Crippen molar-refractivity contribution in [2.75, 3.05) is 17.7 Å². The summed E-state index contributed by atoms with van der Waals surface area (Å²) in [6.45, 7) is 7.22. The van der Waals surface area contributed by atoms with Crippen molar-refractivity contribution in [1.82, 2.24) is 9.97 Å². The van der Waals surface area contributed by atoms with Crippen molar-refractivity contribution in [2.45, 2.75) is 46.6 Å². The molecule has 0 saturated heterocycles. The Kier molecular flexibility index (Phi) is 5.56. The van der Waals surface area contributed by atoms with E-state index >= 15 is 0 Å². The smallest absolute Gasteiger partial charge is 0.135 e. The maximum absolute atomic E-state index is 4.67. The summed E-state index contributed by atoms with van der Waals surface area (Å²) in [5.74, 6) is 2.75. The zero-order chi connectivity index (χ0) is 15.2. The Bertz CT molecular complexity index is 592. The van der Waals surface area contributed by atoms with E-state index in [4.69, 9.17) is 0 Å². The monoisotopic (exact) mass is 304 g/mol. The van der Waals surface area contributed by atoms with Crippen LogP contribution in [0.4, 0.5) is 11.6 Å². The van der Waals surface area contributed by atoms with Crippen LogP contribution in [0.15, 0.2) is 11.4 Å². The highest BCUT2D eigenvalue weighted by molar-refractivity contribution is 7.10. The molecule has 2 aromatic heterocycles. The van der Waals surface area contributed by atoms with Crippen LogP contribution in [0.5, 0.6) is 0 Å². The van der Waals surface area contributed by atoms with E-state index in [0.29, 0.717) is 0 Å². The molecule has 2 N–H and O–H groups in total. The van der Waals surface area contributed by atoms with Gasteiger partial charge in [-0.2, -0.15) is 0 Å². The number of nitrogens with zero attached hydrogens (tertiary/aromatic N) is 2. The fourth-order valence-corrected chi connectivity index (χ4v) is 3.23. The fraction of sp³-hybridized carbons (Fsp3) is 0.500. The molecule has 0 aliphatic carbocycles. The predicted octanol–water partition coefficient (Wildman–Crippen LogP) is 4.02. The van der Waals surface area contributed by atoms with E-state index in [9.17, 15) is 0 Å². The molecule has 21 heavy (non-hydrogen) atoms. The number of anilines is 2. The Hall–Kier alpha value is -1.62. The third-order valence-corrected chi connectivity index (χ3v) is 4.50. The minimum Gasteiger partial charge on any atom is -0.373 e. The van der Waals surface area contributed by atoms with Gasteiger partial charge in [0, 0.05) is 23.9 Å². The standard InChI is InChI=1S/C16H24N4S/c1-5-7-14-19-15(17-4)11(3)16(20-14)18-10-13-12(6-2)8-9-21-13/h8-9H,5-7,10H2,1-4H3,(H2,17,18,19,20). The molecule has 2 aromatic rings. The Morgan fingerprint density at radius 3 is 2.62 bits per heavy atom. The van der Waals surface area contributed by atoms with Gasteiger partial charge in [0.1, 0.15) is 17.5 Å². The third kappa shape index (κ3) is 3.73. The van der Waals surface area contributed by atoms with Crippen molar-refractivity contribution in [2.24, 2.45) is 0 Å². The van der Waals surface area contributed by atoms with Crippen LogP contribution in [0.3, 0.4) is 0 Å². The van der Waals surface area contributed by atoms with Crippen molar-refractivity contribution in [3.63, 3.8) is 0 Å². The molecule has 0 fully saturated rings. The Morgan fingerprint density at radius 1 is 1.19 bits per heavy atom. The van der Waals surface area contributed by atoms with E-state index < -0.39 is 0 Å². The Labute approximate surface area is 131 Å². The summed E-state index contributed by atoms with van der Waals surface area (Å²) >= 11 is 1.80. The summed E-state index contributed by atoms with van der Waals surface area (Å²) in [7, 11) is 1.91. The van der Waals surface area contributed by atoms with E-state index in [1.165, 1.54) is 10.4 Å². The van der Waals surface area contributed by atoms with E-state index in [1.807, 2.05) is 7.05 Å². The molecule has 0 aromatic carbocycles. The van der Waals surface area contributed by atoms with Gasteiger partial charge in [-0.3, -0.25) is 0 Å². The number of nitrogens with one attached hydrogen (secondary N) is 2. The first-order valence-corrected chi connectivity index (χ1v) is 8.41. The summed E-state index contributed by atoms with van der Waals surface area (Å²) in [6.07, 6.45) is 3.03. The molecular weight excluding hydrogens is 280 g/mol. The maximum atomic E-state index is 4.67. The second-order valence-electron chi connectivity index (χ2n) is 5.04. The molecule has 2 rings (SSSR count). The molecule has 114 valence electrons. The highest BCUT2D eigenvalue weighted by atomic mass is 32.1. The summed E-state index contributed by atoms with van der Waals surface area (Å²) in [5, 5.41) is 8.80. The largest absolute Gasteiger partial charge is 0.373 e. The zero-order valence-corrected chi connectivity index (χ0v) is 14.1. The first-order valence-electron chi connectivity index (χ1n) is 7.53. The van der Waals surface area contributed by atoms with Crippen LogP contribution in [-0.2, 0) is 19.4 Å². The van der Waals surface area contributed by atoms with Gasteiger partial charge in [0.05, 0.1) is 6.54 Å². The molecule has 4 nitrogen and oxygen atoms in total. The number of aromatic nitrogens is 2. The van der Waals surface area contributed by atoms with Crippen molar-refractivity contribution >= 4 is 23.0 Å². The number of aryl methyl sites for hydroxylation is 2. The molecule has 0 bridgehead atoms. The average Bonchev–Trinajstić information content (AvgIpc) is 2.95. The number of hydrogen-bond donors (Lipinski definition) is 2. The molecule has 0 spiro atoms. The lowest BCUT2D eigenvalue weighted by atomic mass is 10.2. The lowest BCUT2D eigenvalue weighted by Gasteiger charge is -2.13. The maximum Gasteiger partial charge on any atom is 0.135 e. The van der Waals surface area contributed by atoms with Gasteiger partial charge in [-0.05, 0) is 36.8 Å². The zero-order valence-electron chi connectivity index (χ0n) is 13.3.